The molecule has 0 unspecified atom stereocenters. The quantitative estimate of drug-likeness (QED) is 0.717. The van der Waals surface area contributed by atoms with Gasteiger partial charge in [0.1, 0.15) is 0 Å². The Hall–Kier alpha value is -1.13. The Kier molecular flexibility index (Phi) is 3.61. The van der Waals surface area contributed by atoms with Crippen molar-refractivity contribution in [1.29, 1.82) is 0 Å². The van der Waals surface area contributed by atoms with Crippen molar-refractivity contribution in [3.05, 3.63) is 36.0 Å². The van der Waals surface area contributed by atoms with Gasteiger partial charge in [0, 0.05) is 35.3 Å². The van der Waals surface area contributed by atoms with E-state index in [1.54, 1.807) is 6.92 Å². The summed E-state index contributed by atoms with van der Waals surface area (Å²) in [6, 6.07) is 8.94. The summed E-state index contributed by atoms with van der Waals surface area (Å²) in [6.07, 6.45) is 5.85. The minimum Gasteiger partial charge on any atom is -0.299 e. The van der Waals surface area contributed by atoms with Crippen molar-refractivity contribution in [1.82, 2.24) is 9.47 Å². The van der Waals surface area contributed by atoms with Crippen LogP contribution in [0.15, 0.2) is 30.5 Å². The van der Waals surface area contributed by atoms with E-state index >= 15 is 0 Å². The zero-order valence-electron chi connectivity index (χ0n) is 12.8. The van der Waals surface area contributed by atoms with Gasteiger partial charge in [0.25, 0.3) is 0 Å². The van der Waals surface area contributed by atoms with Gasteiger partial charge < -0.3 is 0 Å². The Morgan fingerprint density at radius 1 is 1.23 bits per heavy atom. The molecule has 2 aliphatic heterocycles. The van der Waals surface area contributed by atoms with Crippen LogP contribution in [0.5, 0.6) is 0 Å². The van der Waals surface area contributed by atoms with E-state index in [4.69, 9.17) is 0 Å². The average Bonchev–Trinajstić information content (AvgIpc) is 3.12. The molecule has 2 aromatic rings. The van der Waals surface area contributed by atoms with Crippen molar-refractivity contribution in [3.8, 4) is 0 Å². The number of halogens is 1. The summed E-state index contributed by atoms with van der Waals surface area (Å²) in [4.78, 5) is 15.1. The highest BCUT2D eigenvalue weighted by Crippen LogP contribution is 2.43. The molecule has 1 aromatic heterocycles. The van der Waals surface area contributed by atoms with Crippen molar-refractivity contribution < 1.29 is 4.79 Å². The number of carbonyl (C=O) groups excluding carboxylic acids is 1. The molecule has 3 nitrogen and oxygen atoms in total. The fourth-order valence-corrected chi connectivity index (χ4v) is 5.46. The number of piperidine rings is 1. The summed E-state index contributed by atoms with van der Waals surface area (Å²) >= 11 is 3.99. The van der Waals surface area contributed by atoms with Gasteiger partial charge in [0.15, 0.2) is 0 Å². The van der Waals surface area contributed by atoms with Gasteiger partial charge in [0.2, 0.25) is 5.91 Å². The fourth-order valence-electron chi connectivity index (χ4n) is 4.31. The van der Waals surface area contributed by atoms with Crippen LogP contribution in [-0.4, -0.2) is 39.3 Å². The number of hydrogen-bond acceptors (Lipinski definition) is 2. The van der Waals surface area contributed by atoms with E-state index in [9.17, 15) is 4.79 Å². The summed E-state index contributed by atoms with van der Waals surface area (Å²) in [6.45, 7) is 4.06. The number of para-hydroxylation sites is 1. The standard InChI is InChI=1S/C18H21BrN2O/c1-12(22)21-11-15(13-5-2-3-6-16(13)21)14-8-10-20-9-4-7-17(20)18(14)19/h2-3,5-6,11,14,17-18H,4,7-10H2,1H3/t14-,17+,18+/m1/s1. The number of hydrogen-bond donors (Lipinski definition) is 0. The third-order valence-electron chi connectivity index (χ3n) is 5.38. The highest BCUT2D eigenvalue weighted by atomic mass is 79.9. The summed E-state index contributed by atoms with van der Waals surface area (Å²) in [5, 5.41) is 1.23. The molecule has 0 amide bonds. The van der Waals surface area contributed by atoms with Gasteiger partial charge >= 0.3 is 0 Å². The van der Waals surface area contributed by atoms with Crippen LogP contribution in [0.4, 0.5) is 0 Å². The molecule has 0 saturated carbocycles. The second kappa shape index (κ2) is 5.50. The van der Waals surface area contributed by atoms with Gasteiger partial charge in [-0.2, -0.15) is 0 Å². The minimum atomic E-state index is 0.0897. The smallest absolute Gasteiger partial charge is 0.227 e. The summed E-state index contributed by atoms with van der Waals surface area (Å²) < 4.78 is 1.81. The highest BCUT2D eigenvalue weighted by Gasteiger charge is 2.40. The average molecular weight is 361 g/mol. The summed E-state index contributed by atoms with van der Waals surface area (Å²) in [5.41, 5.74) is 2.37. The lowest BCUT2D eigenvalue weighted by Gasteiger charge is -2.39. The number of fused-ring (bicyclic) bond motifs is 2. The topological polar surface area (TPSA) is 25.2 Å². The lowest BCUT2D eigenvalue weighted by molar-refractivity contribution is 0.0941. The lowest BCUT2D eigenvalue weighted by atomic mass is 9.85. The van der Waals surface area contributed by atoms with Crippen molar-refractivity contribution in [3.63, 3.8) is 0 Å². The molecule has 0 bridgehead atoms. The van der Waals surface area contributed by atoms with E-state index in [2.05, 4.69) is 39.2 Å². The molecule has 0 N–H and O–H groups in total. The Labute approximate surface area is 139 Å². The largest absolute Gasteiger partial charge is 0.299 e. The maximum Gasteiger partial charge on any atom is 0.227 e. The van der Waals surface area contributed by atoms with Gasteiger partial charge in [-0.3, -0.25) is 14.3 Å². The Balaban J connectivity index is 1.79. The van der Waals surface area contributed by atoms with E-state index in [0.717, 1.165) is 5.52 Å². The molecule has 1 aromatic carbocycles. The second-order valence-corrected chi connectivity index (χ2v) is 7.63. The number of benzene rings is 1. The van der Waals surface area contributed by atoms with Crippen LogP contribution in [0.1, 0.15) is 42.5 Å². The van der Waals surface area contributed by atoms with Gasteiger partial charge in [0.05, 0.1) is 5.52 Å². The molecule has 3 atom stereocenters. The van der Waals surface area contributed by atoms with E-state index in [1.807, 2.05) is 16.7 Å². The number of aromatic nitrogens is 1. The summed E-state index contributed by atoms with van der Waals surface area (Å²) in [5.74, 6) is 0.580. The van der Waals surface area contributed by atoms with Crippen molar-refractivity contribution in [2.45, 2.75) is 43.0 Å². The van der Waals surface area contributed by atoms with Crippen molar-refractivity contribution >= 4 is 32.7 Å². The first-order valence-corrected chi connectivity index (χ1v) is 9.07. The predicted octanol–water partition coefficient (Wildman–Crippen LogP) is 4.02. The molecule has 4 rings (SSSR count). The van der Waals surface area contributed by atoms with Crippen molar-refractivity contribution in [2.75, 3.05) is 13.1 Å². The van der Waals surface area contributed by atoms with Gasteiger partial charge in [-0.25, -0.2) is 0 Å². The normalized spacial score (nSPS) is 28.9. The van der Waals surface area contributed by atoms with E-state index < -0.39 is 0 Å². The molecule has 4 heteroatoms. The van der Waals surface area contributed by atoms with Crippen LogP contribution >= 0.6 is 15.9 Å². The maximum atomic E-state index is 12.0. The minimum absolute atomic E-state index is 0.0897. The molecule has 116 valence electrons. The molecule has 0 aliphatic carbocycles. The third kappa shape index (κ3) is 2.16. The number of alkyl halides is 1. The van der Waals surface area contributed by atoms with Gasteiger partial charge in [-0.15, -0.1) is 0 Å². The first-order chi connectivity index (χ1) is 10.7. The number of carbonyl (C=O) groups is 1. The molecule has 22 heavy (non-hydrogen) atoms. The van der Waals surface area contributed by atoms with Crippen LogP contribution in [-0.2, 0) is 0 Å². The molecular weight excluding hydrogens is 340 g/mol. The Morgan fingerprint density at radius 3 is 2.86 bits per heavy atom. The zero-order chi connectivity index (χ0) is 15.3. The Bertz CT molecular complexity index is 723. The highest BCUT2D eigenvalue weighted by molar-refractivity contribution is 9.09. The number of rotatable bonds is 1. The van der Waals surface area contributed by atoms with Crippen LogP contribution < -0.4 is 0 Å². The van der Waals surface area contributed by atoms with Crippen LogP contribution in [0.2, 0.25) is 0 Å². The molecule has 0 radical (unpaired) electrons. The third-order valence-corrected chi connectivity index (χ3v) is 6.62. The van der Waals surface area contributed by atoms with E-state index in [0.29, 0.717) is 16.8 Å². The Morgan fingerprint density at radius 2 is 2.05 bits per heavy atom. The van der Waals surface area contributed by atoms with Gasteiger partial charge in [-0.05, 0) is 44.0 Å². The second-order valence-electron chi connectivity index (χ2n) is 6.58. The molecule has 2 saturated heterocycles. The maximum absolute atomic E-state index is 12.0. The molecule has 0 spiro atoms. The number of nitrogens with zero attached hydrogens (tertiary/aromatic N) is 2. The molecule has 2 fully saturated rings. The molecule has 3 heterocycles. The van der Waals surface area contributed by atoms with E-state index in [-0.39, 0.29) is 5.91 Å². The van der Waals surface area contributed by atoms with Crippen LogP contribution in [0.3, 0.4) is 0 Å². The van der Waals surface area contributed by atoms with Crippen LogP contribution in [0, 0.1) is 0 Å². The molecular formula is C18H21BrN2O. The van der Waals surface area contributed by atoms with E-state index in [1.165, 1.54) is 43.3 Å². The van der Waals surface area contributed by atoms with Gasteiger partial charge in [-0.1, -0.05) is 34.1 Å². The lowest BCUT2D eigenvalue weighted by Crippen LogP contribution is -2.45. The molecule has 2 aliphatic rings. The SMILES string of the molecule is CC(=O)n1cc([C@H]2CCN3CCC[C@H]3[C@H]2Br)c2ccccc21. The van der Waals surface area contributed by atoms with Crippen molar-refractivity contribution in [2.24, 2.45) is 0 Å². The monoisotopic (exact) mass is 360 g/mol. The van der Waals surface area contributed by atoms with Crippen LogP contribution in [0.25, 0.3) is 10.9 Å². The predicted molar refractivity (Wildman–Crippen MR) is 92.9 cm³/mol. The first-order valence-electron chi connectivity index (χ1n) is 8.16. The zero-order valence-corrected chi connectivity index (χ0v) is 14.4. The first kappa shape index (κ1) is 14.5. The summed E-state index contributed by atoms with van der Waals surface area (Å²) in [7, 11) is 0. The fraction of sp³-hybridized carbons (Fsp3) is 0.500.